The van der Waals surface area contributed by atoms with Crippen LogP contribution in [0.15, 0.2) is 40.2 Å². The van der Waals surface area contributed by atoms with Crippen molar-refractivity contribution in [2.75, 3.05) is 4.90 Å². The first kappa shape index (κ1) is 20.0. The molecule has 0 saturated heterocycles. The number of carbonyl (C=O) groups is 1. The van der Waals surface area contributed by atoms with Gasteiger partial charge in [0.05, 0.1) is 17.9 Å². The lowest BCUT2D eigenvalue weighted by Gasteiger charge is -2.18. The fourth-order valence-electron chi connectivity index (χ4n) is 2.44. The summed E-state index contributed by atoms with van der Waals surface area (Å²) in [5.74, 6) is -0.0909. The third-order valence-corrected chi connectivity index (χ3v) is 4.67. The quantitative estimate of drug-likeness (QED) is 0.651. The molecule has 28 heavy (non-hydrogen) atoms. The topological polar surface area (TPSA) is 71.3 Å². The van der Waals surface area contributed by atoms with E-state index in [0.29, 0.717) is 23.1 Å². The number of thiazole rings is 1. The van der Waals surface area contributed by atoms with Crippen molar-refractivity contribution in [2.24, 2.45) is 0 Å². The minimum absolute atomic E-state index is 0.0737. The number of aryl methyl sites for hydroxylation is 1. The number of nitrogens with one attached hydrogen (secondary N) is 1. The van der Waals surface area contributed by atoms with Gasteiger partial charge in [0, 0.05) is 24.9 Å². The summed E-state index contributed by atoms with van der Waals surface area (Å²) in [6.45, 7) is 3.80. The number of aromatic nitrogens is 2. The molecule has 0 fully saturated rings. The van der Waals surface area contributed by atoms with E-state index in [2.05, 4.69) is 20.0 Å². The zero-order valence-electron chi connectivity index (χ0n) is 15.1. The maximum atomic E-state index is 12.5. The zero-order chi connectivity index (χ0) is 20.3. The number of hydrogen-bond acceptors (Lipinski definition) is 6. The molecule has 0 spiro atoms. The Balaban J connectivity index is 1.63. The Morgan fingerprint density at radius 2 is 1.96 bits per heavy atom. The number of anilines is 2. The minimum atomic E-state index is -4.53. The molecule has 1 N–H and O–H groups in total. The molecule has 0 aliphatic rings. The highest BCUT2D eigenvalue weighted by Gasteiger charge is 2.34. The van der Waals surface area contributed by atoms with Crippen LogP contribution in [0.25, 0.3) is 0 Å². The molecule has 0 atom stereocenters. The van der Waals surface area contributed by atoms with E-state index in [9.17, 15) is 18.0 Å². The van der Waals surface area contributed by atoms with E-state index >= 15 is 0 Å². The van der Waals surface area contributed by atoms with Crippen molar-refractivity contribution in [1.82, 2.24) is 15.5 Å². The standard InChI is InChI=1S/C18H17F3N4O2S/c1-11-3-5-14(6-4-11)25(12(2)26)17-23-13(10-28-17)8-22-9-15-7-16(24-27-15)18(19,20)21/h3-7,10,22H,8-9H2,1-2H3. The summed E-state index contributed by atoms with van der Waals surface area (Å²) in [5, 5.41) is 8.26. The van der Waals surface area contributed by atoms with Gasteiger partial charge in [-0.3, -0.25) is 9.69 Å². The van der Waals surface area contributed by atoms with Gasteiger partial charge in [0.15, 0.2) is 16.6 Å². The maximum absolute atomic E-state index is 12.5. The van der Waals surface area contributed by atoms with Crippen molar-refractivity contribution in [1.29, 1.82) is 0 Å². The molecule has 6 nitrogen and oxygen atoms in total. The van der Waals surface area contributed by atoms with Gasteiger partial charge in [0.2, 0.25) is 5.91 Å². The molecule has 0 bridgehead atoms. The molecule has 3 rings (SSSR count). The molecule has 0 radical (unpaired) electrons. The van der Waals surface area contributed by atoms with Crippen LogP contribution in [0.3, 0.4) is 0 Å². The molecule has 10 heteroatoms. The average molecular weight is 410 g/mol. The van der Waals surface area contributed by atoms with Gasteiger partial charge in [-0.15, -0.1) is 11.3 Å². The summed E-state index contributed by atoms with van der Waals surface area (Å²) in [5.41, 5.74) is 1.40. The van der Waals surface area contributed by atoms with E-state index in [-0.39, 0.29) is 18.2 Å². The van der Waals surface area contributed by atoms with Gasteiger partial charge in [-0.25, -0.2) is 4.98 Å². The summed E-state index contributed by atoms with van der Waals surface area (Å²) in [6.07, 6.45) is -4.53. The van der Waals surface area contributed by atoms with Crippen LogP contribution in [0.2, 0.25) is 0 Å². The highest BCUT2D eigenvalue weighted by Crippen LogP contribution is 2.30. The molecule has 0 saturated carbocycles. The van der Waals surface area contributed by atoms with Gasteiger partial charge in [0.25, 0.3) is 0 Å². The Morgan fingerprint density at radius 3 is 2.57 bits per heavy atom. The minimum Gasteiger partial charge on any atom is -0.359 e. The molecule has 1 aromatic carbocycles. The average Bonchev–Trinajstić information content (AvgIpc) is 3.26. The van der Waals surface area contributed by atoms with Crippen molar-refractivity contribution in [3.05, 3.63) is 58.4 Å². The van der Waals surface area contributed by atoms with Crippen molar-refractivity contribution < 1.29 is 22.5 Å². The Kier molecular flexibility index (Phi) is 5.80. The number of benzene rings is 1. The largest absolute Gasteiger partial charge is 0.436 e. The number of rotatable bonds is 6. The summed E-state index contributed by atoms with van der Waals surface area (Å²) < 4.78 is 42.2. The number of amides is 1. The summed E-state index contributed by atoms with van der Waals surface area (Å²) in [6, 6.07) is 8.37. The fourth-order valence-corrected chi connectivity index (χ4v) is 3.33. The normalized spacial score (nSPS) is 11.6. The van der Waals surface area contributed by atoms with E-state index in [1.165, 1.54) is 23.2 Å². The van der Waals surface area contributed by atoms with Crippen molar-refractivity contribution in [3.8, 4) is 0 Å². The molecule has 148 valence electrons. The Bertz CT molecular complexity index is 950. The maximum Gasteiger partial charge on any atom is 0.436 e. The van der Waals surface area contributed by atoms with Gasteiger partial charge in [0.1, 0.15) is 0 Å². The highest BCUT2D eigenvalue weighted by atomic mass is 32.1. The van der Waals surface area contributed by atoms with Gasteiger partial charge in [-0.1, -0.05) is 22.9 Å². The molecule has 0 aliphatic heterocycles. The molecule has 3 aromatic rings. The SMILES string of the molecule is CC(=O)N(c1ccc(C)cc1)c1nc(CNCc2cc(C(F)(F)F)no2)cs1. The number of alkyl halides is 3. The molecular weight excluding hydrogens is 393 g/mol. The van der Waals surface area contributed by atoms with E-state index in [4.69, 9.17) is 0 Å². The van der Waals surface area contributed by atoms with Crippen LogP contribution in [-0.2, 0) is 24.1 Å². The molecule has 1 amide bonds. The molecule has 0 aliphatic carbocycles. The lowest BCUT2D eigenvalue weighted by molar-refractivity contribution is -0.142. The van der Waals surface area contributed by atoms with E-state index in [1.807, 2.05) is 31.2 Å². The van der Waals surface area contributed by atoms with Gasteiger partial charge >= 0.3 is 6.18 Å². The first-order valence-electron chi connectivity index (χ1n) is 8.29. The van der Waals surface area contributed by atoms with Crippen molar-refractivity contribution >= 4 is 28.1 Å². The van der Waals surface area contributed by atoms with E-state index in [0.717, 1.165) is 11.6 Å². The van der Waals surface area contributed by atoms with Crippen LogP contribution < -0.4 is 10.2 Å². The van der Waals surface area contributed by atoms with Gasteiger partial charge in [-0.05, 0) is 19.1 Å². The third kappa shape index (κ3) is 4.76. The summed E-state index contributed by atoms with van der Waals surface area (Å²) >= 11 is 1.31. The Morgan fingerprint density at radius 1 is 1.25 bits per heavy atom. The first-order chi connectivity index (χ1) is 13.2. The first-order valence-corrected chi connectivity index (χ1v) is 9.17. The fraction of sp³-hybridized carbons (Fsp3) is 0.278. The van der Waals surface area contributed by atoms with E-state index in [1.54, 1.807) is 5.38 Å². The summed E-state index contributed by atoms with van der Waals surface area (Å²) in [4.78, 5) is 18.0. The van der Waals surface area contributed by atoms with Crippen LogP contribution in [0, 0.1) is 6.92 Å². The molecule has 2 aromatic heterocycles. The number of carbonyl (C=O) groups excluding carboxylic acids is 1. The predicted molar refractivity (Wildman–Crippen MR) is 98.2 cm³/mol. The Hall–Kier alpha value is -2.72. The molecule has 2 heterocycles. The highest BCUT2D eigenvalue weighted by molar-refractivity contribution is 7.14. The van der Waals surface area contributed by atoms with Gasteiger partial charge in [-0.2, -0.15) is 13.2 Å². The van der Waals surface area contributed by atoms with Crippen molar-refractivity contribution in [3.63, 3.8) is 0 Å². The van der Waals surface area contributed by atoms with E-state index < -0.39 is 11.9 Å². The number of nitrogens with zero attached hydrogens (tertiary/aromatic N) is 3. The second kappa shape index (κ2) is 8.11. The molecule has 0 unspecified atom stereocenters. The van der Waals surface area contributed by atoms with Gasteiger partial charge < -0.3 is 9.84 Å². The zero-order valence-corrected chi connectivity index (χ0v) is 15.9. The Labute approximate surface area is 163 Å². The lowest BCUT2D eigenvalue weighted by atomic mass is 10.2. The second-order valence-corrected chi connectivity index (χ2v) is 6.93. The van der Waals surface area contributed by atoms with Crippen LogP contribution in [-0.4, -0.2) is 16.0 Å². The number of hydrogen-bond donors (Lipinski definition) is 1. The monoisotopic (exact) mass is 410 g/mol. The van der Waals surface area contributed by atoms with Crippen LogP contribution in [0.1, 0.15) is 29.6 Å². The van der Waals surface area contributed by atoms with Crippen molar-refractivity contribution in [2.45, 2.75) is 33.1 Å². The predicted octanol–water partition coefficient (Wildman–Crippen LogP) is 4.43. The smallest absolute Gasteiger partial charge is 0.359 e. The van der Waals surface area contributed by atoms with Crippen LogP contribution in [0.5, 0.6) is 0 Å². The lowest BCUT2D eigenvalue weighted by Crippen LogP contribution is -2.22. The molecular formula is C18H17F3N4O2S. The summed E-state index contributed by atoms with van der Waals surface area (Å²) in [7, 11) is 0. The van der Waals surface area contributed by atoms with Crippen LogP contribution >= 0.6 is 11.3 Å². The number of halogens is 3. The van der Waals surface area contributed by atoms with Crippen LogP contribution in [0.4, 0.5) is 24.0 Å². The second-order valence-electron chi connectivity index (χ2n) is 6.09. The third-order valence-electron chi connectivity index (χ3n) is 3.79.